The molecule has 1 N–H and O–H groups in total. The Labute approximate surface area is 132 Å². The van der Waals surface area contributed by atoms with Crippen molar-refractivity contribution in [3.05, 3.63) is 18.2 Å². The minimum Gasteiger partial charge on any atom is -0.490 e. The Morgan fingerprint density at radius 2 is 1.82 bits per heavy atom. The van der Waals surface area contributed by atoms with Crippen LogP contribution in [0.25, 0.3) is 0 Å². The zero-order valence-corrected chi connectivity index (χ0v) is 14.0. The van der Waals surface area contributed by atoms with E-state index in [-0.39, 0.29) is 6.42 Å². The molecule has 0 aliphatic rings. The smallest absolute Gasteiger partial charge is 0.305 e. The molecule has 5 heteroatoms. The zero-order valence-electron chi connectivity index (χ0n) is 14.0. The van der Waals surface area contributed by atoms with Crippen LogP contribution in [0.15, 0.2) is 18.2 Å². The molecule has 0 saturated carbocycles. The van der Waals surface area contributed by atoms with Crippen LogP contribution in [-0.2, 0) is 4.79 Å². The van der Waals surface area contributed by atoms with Crippen LogP contribution in [0, 0.1) is 5.92 Å². The molecule has 0 bridgehead atoms. The first-order valence-electron chi connectivity index (χ1n) is 7.84. The maximum Gasteiger partial charge on any atom is 0.305 e. The van der Waals surface area contributed by atoms with Gasteiger partial charge in [0, 0.05) is 24.8 Å². The first-order valence-corrected chi connectivity index (χ1v) is 7.84. The van der Waals surface area contributed by atoms with Gasteiger partial charge in [-0.15, -0.1) is 0 Å². The second kappa shape index (κ2) is 9.18. The van der Waals surface area contributed by atoms with E-state index in [0.29, 0.717) is 31.4 Å². The van der Waals surface area contributed by atoms with Crippen LogP contribution in [-0.4, -0.2) is 37.4 Å². The van der Waals surface area contributed by atoms with E-state index in [9.17, 15) is 4.79 Å². The highest BCUT2D eigenvalue weighted by Crippen LogP contribution is 2.32. The molecule has 1 rings (SSSR count). The molecule has 1 aromatic rings. The molecule has 124 valence electrons. The van der Waals surface area contributed by atoms with Crippen molar-refractivity contribution < 1.29 is 19.4 Å². The highest BCUT2D eigenvalue weighted by Gasteiger charge is 2.14. The summed E-state index contributed by atoms with van der Waals surface area (Å²) in [4.78, 5) is 12.9. The van der Waals surface area contributed by atoms with Crippen LogP contribution >= 0.6 is 0 Å². The Balaban J connectivity index is 3.01. The normalized spacial score (nSPS) is 10.6. The summed E-state index contributed by atoms with van der Waals surface area (Å²) >= 11 is 0. The first kappa shape index (κ1) is 18.1. The number of ether oxygens (including phenoxy) is 2. The largest absolute Gasteiger partial charge is 0.490 e. The molecule has 22 heavy (non-hydrogen) atoms. The van der Waals surface area contributed by atoms with Crippen LogP contribution in [0.3, 0.4) is 0 Å². The minimum absolute atomic E-state index is 0.115. The lowest BCUT2D eigenvalue weighted by Crippen LogP contribution is -2.30. The number of carbonyl (C=O) groups is 1. The molecule has 0 unspecified atom stereocenters. The summed E-state index contributed by atoms with van der Waals surface area (Å²) < 4.78 is 11.2. The minimum atomic E-state index is -0.787. The topological polar surface area (TPSA) is 59.0 Å². The fraction of sp³-hybridized carbons (Fsp3) is 0.588. The monoisotopic (exact) mass is 309 g/mol. The van der Waals surface area contributed by atoms with E-state index in [4.69, 9.17) is 14.6 Å². The quantitative estimate of drug-likeness (QED) is 0.717. The number of aliphatic carboxylic acids is 1. The molecule has 0 aromatic heterocycles. The number of anilines is 1. The zero-order chi connectivity index (χ0) is 16.5. The molecule has 0 radical (unpaired) electrons. The number of carboxylic acids is 1. The Hall–Kier alpha value is -1.91. The number of benzene rings is 1. The van der Waals surface area contributed by atoms with Crippen molar-refractivity contribution in [3.8, 4) is 11.5 Å². The van der Waals surface area contributed by atoms with Crippen molar-refractivity contribution >= 4 is 11.7 Å². The summed E-state index contributed by atoms with van der Waals surface area (Å²) in [6.45, 7) is 10.5. The lowest BCUT2D eigenvalue weighted by Gasteiger charge is -2.27. The molecular formula is C17H27NO4. The summed E-state index contributed by atoms with van der Waals surface area (Å²) in [7, 11) is 0. The second-order valence-corrected chi connectivity index (χ2v) is 5.48. The van der Waals surface area contributed by atoms with Crippen LogP contribution in [0.4, 0.5) is 5.69 Å². The van der Waals surface area contributed by atoms with Gasteiger partial charge in [-0.25, -0.2) is 0 Å². The standard InChI is InChI=1S/C17H27NO4/c1-5-21-15-8-7-14(11-16(15)22-6-2)18(12-13(3)4)10-9-17(19)20/h7-8,11,13H,5-6,9-10,12H2,1-4H3,(H,19,20). The van der Waals surface area contributed by atoms with Gasteiger partial charge in [0.1, 0.15) is 0 Å². The number of hydrogen-bond acceptors (Lipinski definition) is 4. The van der Waals surface area contributed by atoms with Crippen molar-refractivity contribution in [1.82, 2.24) is 0 Å². The van der Waals surface area contributed by atoms with Gasteiger partial charge >= 0.3 is 5.97 Å². The Kier molecular flexibility index (Phi) is 7.57. The van der Waals surface area contributed by atoms with Gasteiger partial charge in [-0.05, 0) is 31.9 Å². The summed E-state index contributed by atoms with van der Waals surface area (Å²) in [6.07, 6.45) is 0.115. The molecule has 0 heterocycles. The van der Waals surface area contributed by atoms with E-state index in [1.807, 2.05) is 32.0 Å². The summed E-state index contributed by atoms with van der Waals surface area (Å²) in [5.41, 5.74) is 0.960. The molecule has 0 atom stereocenters. The van der Waals surface area contributed by atoms with Gasteiger partial charge in [0.05, 0.1) is 19.6 Å². The van der Waals surface area contributed by atoms with Crippen molar-refractivity contribution in [2.75, 3.05) is 31.2 Å². The van der Waals surface area contributed by atoms with Crippen molar-refractivity contribution in [1.29, 1.82) is 0 Å². The maximum atomic E-state index is 10.9. The summed E-state index contributed by atoms with van der Waals surface area (Å²) in [5, 5.41) is 8.92. The number of carboxylic acid groups (broad SMARTS) is 1. The Bertz CT molecular complexity index is 474. The highest BCUT2D eigenvalue weighted by atomic mass is 16.5. The average Bonchev–Trinajstić information content (AvgIpc) is 2.45. The van der Waals surface area contributed by atoms with Gasteiger partial charge in [-0.1, -0.05) is 13.8 Å². The van der Waals surface area contributed by atoms with E-state index in [2.05, 4.69) is 18.7 Å². The fourth-order valence-corrected chi connectivity index (χ4v) is 2.23. The molecule has 0 spiro atoms. The van der Waals surface area contributed by atoms with Crippen LogP contribution in [0.2, 0.25) is 0 Å². The van der Waals surface area contributed by atoms with Crippen molar-refractivity contribution in [2.24, 2.45) is 5.92 Å². The van der Waals surface area contributed by atoms with E-state index < -0.39 is 5.97 Å². The van der Waals surface area contributed by atoms with Gasteiger partial charge < -0.3 is 19.5 Å². The van der Waals surface area contributed by atoms with Crippen molar-refractivity contribution in [2.45, 2.75) is 34.1 Å². The van der Waals surface area contributed by atoms with Crippen LogP contribution in [0.1, 0.15) is 34.1 Å². The SMILES string of the molecule is CCOc1ccc(N(CCC(=O)O)CC(C)C)cc1OCC. The predicted octanol–water partition coefficient (Wildman–Crippen LogP) is 3.42. The lowest BCUT2D eigenvalue weighted by atomic mass is 10.1. The van der Waals surface area contributed by atoms with Crippen LogP contribution < -0.4 is 14.4 Å². The summed E-state index contributed by atoms with van der Waals surface area (Å²) in [5.74, 6) is 1.07. The molecule has 0 aliphatic heterocycles. The highest BCUT2D eigenvalue weighted by molar-refractivity contribution is 5.68. The molecule has 0 fully saturated rings. The third-order valence-corrected chi connectivity index (χ3v) is 3.07. The van der Waals surface area contributed by atoms with E-state index in [1.165, 1.54) is 0 Å². The molecule has 0 amide bonds. The average molecular weight is 309 g/mol. The first-order chi connectivity index (χ1) is 10.5. The molecular weight excluding hydrogens is 282 g/mol. The van der Waals surface area contributed by atoms with Crippen LogP contribution in [0.5, 0.6) is 11.5 Å². The number of nitrogens with zero attached hydrogens (tertiary/aromatic N) is 1. The fourth-order valence-electron chi connectivity index (χ4n) is 2.23. The summed E-state index contributed by atoms with van der Waals surface area (Å²) in [6, 6.07) is 5.77. The Morgan fingerprint density at radius 1 is 1.18 bits per heavy atom. The third kappa shape index (κ3) is 5.84. The van der Waals surface area contributed by atoms with Gasteiger partial charge in [0.2, 0.25) is 0 Å². The second-order valence-electron chi connectivity index (χ2n) is 5.48. The molecule has 5 nitrogen and oxygen atoms in total. The third-order valence-electron chi connectivity index (χ3n) is 3.07. The van der Waals surface area contributed by atoms with E-state index >= 15 is 0 Å². The Morgan fingerprint density at radius 3 is 2.36 bits per heavy atom. The predicted molar refractivity (Wildman–Crippen MR) is 88.1 cm³/mol. The van der Waals surface area contributed by atoms with E-state index in [0.717, 1.165) is 18.0 Å². The van der Waals surface area contributed by atoms with Gasteiger partial charge in [0.15, 0.2) is 11.5 Å². The number of hydrogen-bond donors (Lipinski definition) is 1. The molecule has 0 aliphatic carbocycles. The molecule has 1 aromatic carbocycles. The van der Waals surface area contributed by atoms with E-state index in [1.54, 1.807) is 0 Å². The lowest BCUT2D eigenvalue weighted by molar-refractivity contribution is -0.136. The van der Waals surface area contributed by atoms with Gasteiger partial charge in [0.25, 0.3) is 0 Å². The molecule has 0 saturated heterocycles. The van der Waals surface area contributed by atoms with Gasteiger partial charge in [-0.2, -0.15) is 0 Å². The number of rotatable bonds is 10. The van der Waals surface area contributed by atoms with Gasteiger partial charge in [-0.3, -0.25) is 4.79 Å². The maximum absolute atomic E-state index is 10.9. The van der Waals surface area contributed by atoms with Crippen molar-refractivity contribution in [3.63, 3.8) is 0 Å².